The number of amides is 1. The largest absolute Gasteiger partial charge is 0.453 e. The fraction of sp³-hybridized carbons (Fsp3) is 0.133. The van der Waals surface area contributed by atoms with E-state index in [4.69, 9.17) is 4.74 Å². The van der Waals surface area contributed by atoms with Crippen molar-refractivity contribution in [3.05, 3.63) is 54.7 Å². The third-order valence-electron chi connectivity index (χ3n) is 3.12. The van der Waals surface area contributed by atoms with E-state index < -0.39 is 0 Å². The Morgan fingerprint density at radius 1 is 1.14 bits per heavy atom. The van der Waals surface area contributed by atoms with Crippen LogP contribution in [0, 0.1) is 0 Å². The van der Waals surface area contributed by atoms with E-state index >= 15 is 0 Å². The van der Waals surface area contributed by atoms with Gasteiger partial charge in [-0.15, -0.1) is 5.10 Å². The number of aromatic nitrogens is 3. The lowest BCUT2D eigenvalue weighted by Gasteiger charge is -2.16. The van der Waals surface area contributed by atoms with Crippen LogP contribution in [0.25, 0.3) is 5.65 Å². The SMILES string of the molecule is CN(C(=O)COc1nnc2ccccn12)c1ccccc1. The topological polar surface area (TPSA) is 59.7 Å². The minimum atomic E-state index is -0.158. The molecule has 0 radical (unpaired) electrons. The van der Waals surface area contributed by atoms with Gasteiger partial charge in [0.25, 0.3) is 5.91 Å². The average Bonchev–Trinajstić information content (AvgIpc) is 2.96. The van der Waals surface area contributed by atoms with Crippen molar-refractivity contribution in [1.82, 2.24) is 14.6 Å². The molecule has 6 heteroatoms. The fourth-order valence-corrected chi connectivity index (χ4v) is 1.94. The molecule has 6 nitrogen and oxygen atoms in total. The molecule has 0 N–H and O–H groups in total. The molecule has 0 unspecified atom stereocenters. The zero-order valence-electron chi connectivity index (χ0n) is 11.5. The molecule has 0 atom stereocenters. The molecule has 106 valence electrons. The Labute approximate surface area is 121 Å². The van der Waals surface area contributed by atoms with Gasteiger partial charge in [-0.05, 0) is 24.3 Å². The van der Waals surface area contributed by atoms with Crippen LogP contribution in [0.15, 0.2) is 54.7 Å². The quantitative estimate of drug-likeness (QED) is 0.731. The Bertz CT molecular complexity index is 754. The summed E-state index contributed by atoms with van der Waals surface area (Å²) in [7, 11) is 1.71. The van der Waals surface area contributed by atoms with Crippen LogP contribution in [0.1, 0.15) is 0 Å². The number of benzene rings is 1. The number of carbonyl (C=O) groups is 1. The maximum atomic E-state index is 12.1. The van der Waals surface area contributed by atoms with E-state index in [1.54, 1.807) is 22.5 Å². The highest BCUT2D eigenvalue weighted by Crippen LogP contribution is 2.13. The molecule has 1 amide bonds. The van der Waals surface area contributed by atoms with E-state index in [-0.39, 0.29) is 12.5 Å². The Morgan fingerprint density at radius 2 is 1.90 bits per heavy atom. The molecule has 0 aliphatic rings. The summed E-state index contributed by atoms with van der Waals surface area (Å²) < 4.78 is 7.15. The first kappa shape index (κ1) is 13.1. The summed E-state index contributed by atoms with van der Waals surface area (Å²) in [5, 5.41) is 7.88. The van der Waals surface area contributed by atoms with E-state index in [0.29, 0.717) is 11.7 Å². The van der Waals surface area contributed by atoms with Gasteiger partial charge in [-0.3, -0.25) is 9.20 Å². The number of pyridine rings is 1. The first-order valence-corrected chi connectivity index (χ1v) is 6.50. The number of carbonyl (C=O) groups excluding carboxylic acids is 1. The van der Waals surface area contributed by atoms with Gasteiger partial charge in [0.05, 0.1) is 0 Å². The van der Waals surface area contributed by atoms with Gasteiger partial charge >= 0.3 is 6.01 Å². The van der Waals surface area contributed by atoms with Gasteiger partial charge in [-0.1, -0.05) is 29.4 Å². The van der Waals surface area contributed by atoms with Gasteiger partial charge in [0, 0.05) is 18.9 Å². The summed E-state index contributed by atoms with van der Waals surface area (Å²) in [6, 6.07) is 15.2. The van der Waals surface area contributed by atoms with E-state index in [9.17, 15) is 4.79 Å². The van der Waals surface area contributed by atoms with Crippen molar-refractivity contribution >= 4 is 17.2 Å². The summed E-state index contributed by atoms with van der Waals surface area (Å²) >= 11 is 0. The van der Waals surface area contributed by atoms with Gasteiger partial charge in [-0.25, -0.2) is 0 Å². The highest BCUT2D eigenvalue weighted by Gasteiger charge is 2.13. The van der Waals surface area contributed by atoms with Crippen molar-refractivity contribution in [1.29, 1.82) is 0 Å². The molecule has 0 saturated heterocycles. The lowest BCUT2D eigenvalue weighted by atomic mass is 10.3. The summed E-state index contributed by atoms with van der Waals surface area (Å²) in [6.07, 6.45) is 1.79. The van der Waals surface area contributed by atoms with Crippen LogP contribution in [-0.4, -0.2) is 34.2 Å². The van der Waals surface area contributed by atoms with Crippen LogP contribution in [-0.2, 0) is 4.79 Å². The predicted molar refractivity (Wildman–Crippen MR) is 78.3 cm³/mol. The zero-order valence-corrected chi connectivity index (χ0v) is 11.5. The number of para-hydroxylation sites is 1. The lowest BCUT2D eigenvalue weighted by Crippen LogP contribution is -2.31. The summed E-state index contributed by atoms with van der Waals surface area (Å²) in [4.78, 5) is 13.7. The van der Waals surface area contributed by atoms with Gasteiger partial charge in [-0.2, -0.15) is 0 Å². The van der Waals surface area contributed by atoms with Crippen LogP contribution in [0.3, 0.4) is 0 Å². The molecule has 0 aliphatic carbocycles. The molecule has 3 aromatic rings. The molecule has 0 spiro atoms. The monoisotopic (exact) mass is 282 g/mol. The molecule has 0 aliphatic heterocycles. The van der Waals surface area contributed by atoms with Crippen LogP contribution < -0.4 is 9.64 Å². The Kier molecular flexibility index (Phi) is 3.51. The predicted octanol–water partition coefficient (Wildman–Crippen LogP) is 1.77. The molecule has 2 heterocycles. The minimum absolute atomic E-state index is 0.0961. The second kappa shape index (κ2) is 5.62. The van der Waals surface area contributed by atoms with Gasteiger partial charge in [0.1, 0.15) is 0 Å². The third kappa shape index (κ3) is 2.69. The van der Waals surface area contributed by atoms with Crippen molar-refractivity contribution in [2.24, 2.45) is 0 Å². The molecule has 1 aromatic carbocycles. The second-order valence-electron chi connectivity index (χ2n) is 4.49. The van der Waals surface area contributed by atoms with E-state index in [1.807, 2.05) is 48.5 Å². The maximum Gasteiger partial charge on any atom is 0.322 e. The number of ether oxygens (including phenoxy) is 1. The smallest absolute Gasteiger partial charge is 0.322 e. The molecule has 0 fully saturated rings. The van der Waals surface area contributed by atoms with E-state index in [2.05, 4.69) is 10.2 Å². The van der Waals surface area contributed by atoms with Crippen molar-refractivity contribution in [2.45, 2.75) is 0 Å². The highest BCUT2D eigenvalue weighted by molar-refractivity contribution is 5.93. The number of likely N-dealkylation sites (N-methyl/N-ethyl adjacent to an activating group) is 1. The molecular formula is C15H14N4O2. The lowest BCUT2D eigenvalue weighted by molar-refractivity contribution is -0.120. The maximum absolute atomic E-state index is 12.1. The first-order chi connectivity index (χ1) is 10.3. The molecule has 0 bridgehead atoms. The van der Waals surface area contributed by atoms with Gasteiger partial charge < -0.3 is 9.64 Å². The normalized spacial score (nSPS) is 10.5. The summed E-state index contributed by atoms with van der Waals surface area (Å²) in [5.74, 6) is -0.158. The van der Waals surface area contributed by atoms with Crippen molar-refractivity contribution in [3.8, 4) is 6.01 Å². The standard InChI is InChI=1S/C15H14N4O2/c1-18(12-7-3-2-4-8-12)14(20)11-21-15-17-16-13-9-5-6-10-19(13)15/h2-10H,11H2,1H3. The van der Waals surface area contributed by atoms with Crippen LogP contribution >= 0.6 is 0 Å². The number of hydrogen-bond donors (Lipinski definition) is 0. The Morgan fingerprint density at radius 3 is 2.71 bits per heavy atom. The van der Waals surface area contributed by atoms with Crippen molar-refractivity contribution in [2.75, 3.05) is 18.6 Å². The molecule has 21 heavy (non-hydrogen) atoms. The zero-order chi connectivity index (χ0) is 14.7. The number of nitrogens with zero attached hydrogens (tertiary/aromatic N) is 4. The Balaban J connectivity index is 1.69. The molecule has 0 saturated carbocycles. The van der Waals surface area contributed by atoms with Crippen LogP contribution in [0.4, 0.5) is 5.69 Å². The highest BCUT2D eigenvalue weighted by atomic mass is 16.5. The number of hydrogen-bond acceptors (Lipinski definition) is 4. The summed E-state index contributed by atoms with van der Waals surface area (Å²) in [5.41, 5.74) is 1.49. The second-order valence-corrected chi connectivity index (χ2v) is 4.49. The average molecular weight is 282 g/mol. The number of rotatable bonds is 4. The minimum Gasteiger partial charge on any atom is -0.453 e. The van der Waals surface area contributed by atoms with Gasteiger partial charge in [0.15, 0.2) is 12.3 Å². The number of anilines is 1. The van der Waals surface area contributed by atoms with E-state index in [0.717, 1.165) is 5.69 Å². The molecule has 3 rings (SSSR count). The fourth-order valence-electron chi connectivity index (χ4n) is 1.94. The number of fused-ring (bicyclic) bond motifs is 1. The first-order valence-electron chi connectivity index (χ1n) is 6.50. The summed E-state index contributed by atoms with van der Waals surface area (Å²) in [6.45, 7) is -0.0961. The molecule has 2 aromatic heterocycles. The van der Waals surface area contributed by atoms with Crippen molar-refractivity contribution in [3.63, 3.8) is 0 Å². The van der Waals surface area contributed by atoms with Gasteiger partial charge in [0.2, 0.25) is 0 Å². The van der Waals surface area contributed by atoms with E-state index in [1.165, 1.54) is 0 Å². The van der Waals surface area contributed by atoms with Crippen LogP contribution in [0.5, 0.6) is 6.01 Å². The van der Waals surface area contributed by atoms with Crippen LogP contribution in [0.2, 0.25) is 0 Å². The molecular weight excluding hydrogens is 268 g/mol. The Hall–Kier alpha value is -2.89. The van der Waals surface area contributed by atoms with Crippen molar-refractivity contribution < 1.29 is 9.53 Å². The third-order valence-corrected chi connectivity index (χ3v) is 3.12.